The lowest BCUT2D eigenvalue weighted by atomic mass is 9.76. The number of rotatable bonds is 3. The summed E-state index contributed by atoms with van der Waals surface area (Å²) in [4.78, 5) is 41.3. The molecule has 3 amide bonds. The molecule has 4 N–H and O–H groups in total. The van der Waals surface area contributed by atoms with Gasteiger partial charge in [0.1, 0.15) is 24.0 Å². The lowest BCUT2D eigenvalue weighted by molar-refractivity contribution is -0.738. The number of aryl methyl sites for hydroxylation is 1. The molecule has 0 unspecified atom stereocenters. The summed E-state index contributed by atoms with van der Waals surface area (Å²) in [6, 6.07) is 3.05. The van der Waals surface area contributed by atoms with E-state index in [1.165, 1.54) is 4.90 Å². The third-order valence-electron chi connectivity index (χ3n) is 7.13. The Balaban J connectivity index is 1.93. The minimum atomic E-state index is -1.21. The minimum absolute atomic E-state index is 0.235. The normalized spacial score (nSPS) is 33.3. The summed E-state index contributed by atoms with van der Waals surface area (Å²) >= 11 is 0. The van der Waals surface area contributed by atoms with E-state index in [9.17, 15) is 19.5 Å². The van der Waals surface area contributed by atoms with Gasteiger partial charge >= 0.3 is 0 Å². The zero-order valence-electron chi connectivity index (χ0n) is 16.9. The summed E-state index contributed by atoms with van der Waals surface area (Å²) in [6.45, 7) is 9.31. The molecule has 3 aliphatic heterocycles. The van der Waals surface area contributed by atoms with Crippen molar-refractivity contribution in [3.63, 3.8) is 0 Å². The van der Waals surface area contributed by atoms with Crippen LogP contribution in [0.15, 0.2) is 12.1 Å². The van der Waals surface area contributed by atoms with E-state index in [4.69, 9.17) is 0 Å². The first kappa shape index (κ1) is 19.1. The molecule has 150 valence electrons. The number of aliphatic hydroxyl groups excluding tert-OH is 1. The monoisotopic (exact) mass is 386 g/mol. The lowest BCUT2D eigenvalue weighted by Crippen LogP contribution is -3.00. The van der Waals surface area contributed by atoms with Gasteiger partial charge < -0.3 is 15.7 Å². The molecule has 2 saturated heterocycles. The van der Waals surface area contributed by atoms with Gasteiger partial charge in [0.25, 0.3) is 5.91 Å². The van der Waals surface area contributed by atoms with E-state index in [0.717, 1.165) is 22.4 Å². The van der Waals surface area contributed by atoms with Crippen LogP contribution in [0.1, 0.15) is 43.9 Å². The van der Waals surface area contributed by atoms with Crippen molar-refractivity contribution in [2.75, 3.05) is 5.32 Å². The number of anilines is 1. The number of nitrogens with zero attached hydrogens (tertiary/aromatic N) is 1. The van der Waals surface area contributed by atoms with Crippen molar-refractivity contribution in [1.29, 1.82) is 0 Å². The molecule has 1 aromatic carbocycles. The van der Waals surface area contributed by atoms with E-state index in [2.05, 4.69) is 5.32 Å². The molecule has 28 heavy (non-hydrogen) atoms. The molecule has 1 spiro atoms. The van der Waals surface area contributed by atoms with Crippen molar-refractivity contribution in [3.05, 3.63) is 28.8 Å². The van der Waals surface area contributed by atoms with Crippen LogP contribution in [0.3, 0.4) is 0 Å². The fraction of sp³-hybridized carbons (Fsp3) is 0.571. The van der Waals surface area contributed by atoms with Gasteiger partial charge in [0.05, 0.1) is 5.69 Å². The Morgan fingerprint density at radius 1 is 1.21 bits per heavy atom. The van der Waals surface area contributed by atoms with Crippen molar-refractivity contribution in [3.8, 4) is 0 Å². The fourth-order valence-electron chi connectivity index (χ4n) is 5.28. The Kier molecular flexibility index (Phi) is 4.17. The number of benzene rings is 1. The second kappa shape index (κ2) is 6.12. The number of fused-ring (bicyclic) bond motifs is 4. The summed E-state index contributed by atoms with van der Waals surface area (Å²) in [5, 5.41) is 15.2. The maximum atomic E-state index is 13.5. The van der Waals surface area contributed by atoms with Gasteiger partial charge in [-0.05, 0) is 51.3 Å². The predicted molar refractivity (Wildman–Crippen MR) is 102 cm³/mol. The second-order valence-electron chi connectivity index (χ2n) is 8.54. The molecular formula is C21H28N3O4+. The first-order valence-corrected chi connectivity index (χ1v) is 9.99. The van der Waals surface area contributed by atoms with Crippen molar-refractivity contribution >= 4 is 23.4 Å². The van der Waals surface area contributed by atoms with Crippen molar-refractivity contribution in [2.45, 2.75) is 64.8 Å². The van der Waals surface area contributed by atoms with E-state index in [1.54, 1.807) is 12.2 Å². The average Bonchev–Trinajstić information content (AvgIpc) is 3.24. The average molecular weight is 386 g/mol. The first-order valence-electron chi connectivity index (χ1n) is 9.99. The molecular weight excluding hydrogens is 358 g/mol. The standard InChI is InChI=1S/C21H27N3O4/c1-6-10(3)24-18(26)14-15(19(24)27)21(23-17(14)12(5)25)13-8-7-9(2)11(4)16(13)22-20(21)28/h7-8,10,12,14-15,17,23,25H,6H2,1-5H3,(H,22,28)/p+1/t10-,12-,14+,15+,17-,21-/m1/s1. The van der Waals surface area contributed by atoms with Crippen LogP contribution >= 0.6 is 0 Å². The van der Waals surface area contributed by atoms with Gasteiger partial charge in [0.2, 0.25) is 17.4 Å². The summed E-state index contributed by atoms with van der Waals surface area (Å²) in [5.74, 6) is -2.36. The lowest BCUT2D eigenvalue weighted by Gasteiger charge is -2.29. The predicted octanol–water partition coefficient (Wildman–Crippen LogP) is 0.177. The van der Waals surface area contributed by atoms with Crippen LogP contribution in [-0.4, -0.2) is 45.9 Å². The van der Waals surface area contributed by atoms with E-state index in [1.807, 2.05) is 39.8 Å². The van der Waals surface area contributed by atoms with E-state index < -0.39 is 29.5 Å². The van der Waals surface area contributed by atoms with Crippen LogP contribution in [0.2, 0.25) is 0 Å². The van der Waals surface area contributed by atoms with Gasteiger partial charge in [-0.25, -0.2) is 0 Å². The zero-order valence-corrected chi connectivity index (χ0v) is 16.9. The van der Waals surface area contributed by atoms with Crippen LogP contribution < -0.4 is 10.6 Å². The molecule has 0 saturated carbocycles. The van der Waals surface area contributed by atoms with Crippen LogP contribution in [0.25, 0.3) is 0 Å². The van der Waals surface area contributed by atoms with Crippen LogP contribution in [0.5, 0.6) is 0 Å². The van der Waals surface area contributed by atoms with Gasteiger partial charge in [-0.2, -0.15) is 0 Å². The van der Waals surface area contributed by atoms with Gasteiger partial charge in [0, 0.05) is 11.6 Å². The molecule has 6 atom stereocenters. The topological polar surface area (TPSA) is 103 Å². The number of carbonyl (C=O) groups is 3. The highest BCUT2D eigenvalue weighted by Gasteiger charge is 2.75. The highest BCUT2D eigenvalue weighted by Crippen LogP contribution is 2.50. The van der Waals surface area contributed by atoms with E-state index in [-0.39, 0.29) is 23.8 Å². The molecule has 7 nitrogen and oxygen atoms in total. The highest BCUT2D eigenvalue weighted by molar-refractivity contribution is 6.14. The second-order valence-corrected chi connectivity index (χ2v) is 8.54. The summed E-state index contributed by atoms with van der Waals surface area (Å²) in [6.07, 6.45) is -0.183. The summed E-state index contributed by atoms with van der Waals surface area (Å²) in [7, 11) is 0. The molecule has 0 bridgehead atoms. The van der Waals surface area contributed by atoms with E-state index >= 15 is 0 Å². The molecule has 0 radical (unpaired) electrons. The van der Waals surface area contributed by atoms with Crippen LogP contribution in [0, 0.1) is 25.7 Å². The highest BCUT2D eigenvalue weighted by atomic mass is 16.3. The number of nitrogens with one attached hydrogen (secondary N) is 1. The Bertz CT molecular complexity index is 896. The molecule has 0 aromatic heterocycles. The molecule has 4 rings (SSSR count). The first-order chi connectivity index (χ1) is 13.2. The van der Waals surface area contributed by atoms with Gasteiger partial charge in [-0.1, -0.05) is 13.0 Å². The third-order valence-corrected chi connectivity index (χ3v) is 7.13. The van der Waals surface area contributed by atoms with Crippen molar-refractivity contribution in [1.82, 2.24) is 4.90 Å². The van der Waals surface area contributed by atoms with Crippen molar-refractivity contribution < 1.29 is 24.8 Å². The number of hydrogen-bond donors (Lipinski definition) is 3. The third kappa shape index (κ3) is 2.14. The summed E-state index contributed by atoms with van der Waals surface area (Å²) < 4.78 is 0. The number of carbonyl (C=O) groups excluding carboxylic acids is 3. The number of hydrogen-bond acceptors (Lipinski definition) is 4. The largest absolute Gasteiger partial charge is 0.387 e. The number of likely N-dealkylation sites (tertiary alicyclic amines) is 1. The Morgan fingerprint density at radius 2 is 1.89 bits per heavy atom. The number of quaternary nitrogens is 1. The maximum Gasteiger partial charge on any atom is 0.291 e. The molecule has 3 heterocycles. The van der Waals surface area contributed by atoms with Crippen molar-refractivity contribution in [2.24, 2.45) is 11.8 Å². The number of amides is 3. The molecule has 1 aromatic rings. The zero-order chi connectivity index (χ0) is 20.5. The van der Waals surface area contributed by atoms with Gasteiger partial charge in [0.15, 0.2) is 0 Å². The number of imide groups is 1. The smallest absolute Gasteiger partial charge is 0.291 e. The number of aliphatic hydroxyl groups is 1. The Labute approximate surface area is 164 Å². The summed E-state index contributed by atoms with van der Waals surface area (Å²) in [5.41, 5.74) is 2.27. The Hall–Kier alpha value is -2.25. The Morgan fingerprint density at radius 3 is 2.50 bits per heavy atom. The molecule has 7 heteroatoms. The fourth-order valence-corrected chi connectivity index (χ4v) is 5.28. The molecule has 0 aliphatic carbocycles. The van der Waals surface area contributed by atoms with Crippen LogP contribution in [-0.2, 0) is 19.9 Å². The SMILES string of the molecule is CC[C@@H](C)N1C(=O)[C@@H]2[C@@H]([C@@H](C)O)[NH2+][C@@]3(C(=O)Nc4c3ccc(C)c4C)[C@@H]2C1=O. The number of nitrogens with two attached hydrogens (primary N) is 1. The maximum absolute atomic E-state index is 13.5. The molecule has 3 aliphatic rings. The van der Waals surface area contributed by atoms with Gasteiger partial charge in [-0.15, -0.1) is 0 Å². The van der Waals surface area contributed by atoms with E-state index in [0.29, 0.717) is 6.42 Å². The van der Waals surface area contributed by atoms with Gasteiger partial charge in [-0.3, -0.25) is 19.3 Å². The quantitative estimate of drug-likeness (QED) is 0.645. The minimum Gasteiger partial charge on any atom is -0.387 e. The molecule has 2 fully saturated rings. The van der Waals surface area contributed by atoms with Crippen LogP contribution in [0.4, 0.5) is 5.69 Å².